The molecule has 92 valence electrons. The number of carboxylic acid groups (broad SMARTS) is 1. The molecular formula is C11H13ClN2O3. The van der Waals surface area contributed by atoms with E-state index in [-0.39, 0.29) is 12.5 Å². The number of nitrogens with one attached hydrogen (secondary N) is 1. The summed E-state index contributed by atoms with van der Waals surface area (Å²) in [4.78, 5) is 27.4. The highest BCUT2D eigenvalue weighted by Crippen LogP contribution is 2.31. The fourth-order valence-electron chi connectivity index (χ4n) is 1.97. The lowest BCUT2D eigenvalue weighted by atomic mass is 9.90. The van der Waals surface area contributed by atoms with Crippen molar-refractivity contribution in [1.29, 1.82) is 0 Å². The van der Waals surface area contributed by atoms with Gasteiger partial charge in [0, 0.05) is 19.3 Å². The third-order valence-electron chi connectivity index (χ3n) is 3.16. The number of hydrogen-bond donors (Lipinski definition) is 2. The van der Waals surface area contributed by atoms with Crippen LogP contribution in [0.3, 0.4) is 0 Å². The molecule has 1 aliphatic heterocycles. The number of carbonyl (C=O) groups excluding carboxylic acids is 1. The highest BCUT2D eigenvalue weighted by Gasteiger charge is 2.42. The number of carbonyl (C=O) groups is 2. The molecule has 2 N–H and O–H groups in total. The lowest BCUT2D eigenvalue weighted by molar-refractivity contribution is -0.147. The summed E-state index contributed by atoms with van der Waals surface area (Å²) in [5.74, 6) is -1.07. The van der Waals surface area contributed by atoms with Crippen molar-refractivity contribution in [1.82, 2.24) is 9.88 Å². The number of hydrogen-bond acceptors (Lipinski definition) is 2. The van der Waals surface area contributed by atoms with Crippen molar-refractivity contribution in [2.45, 2.75) is 13.3 Å². The Kier molecular flexibility index (Phi) is 2.87. The quantitative estimate of drug-likeness (QED) is 0.844. The van der Waals surface area contributed by atoms with Gasteiger partial charge in [-0.05, 0) is 19.4 Å². The molecule has 0 aromatic carbocycles. The number of aliphatic carboxylic acids is 1. The number of rotatable bonds is 2. The standard InChI is InChI=1S/C11H13ClN2O3/c1-11(10(16)17)2-3-14(6-11)9(15)8-4-7(12)5-13-8/h4-5,13H,2-3,6H2,1H3,(H,16,17)/t11-/m1/s1. The van der Waals surface area contributed by atoms with Gasteiger partial charge in [0.15, 0.2) is 0 Å². The molecule has 1 aliphatic rings. The maximum atomic E-state index is 12.0. The molecule has 0 aliphatic carbocycles. The fraction of sp³-hybridized carbons (Fsp3) is 0.455. The van der Waals surface area contributed by atoms with Crippen molar-refractivity contribution in [2.75, 3.05) is 13.1 Å². The third kappa shape index (κ3) is 2.15. The highest BCUT2D eigenvalue weighted by atomic mass is 35.5. The van der Waals surface area contributed by atoms with E-state index in [1.165, 1.54) is 11.1 Å². The maximum absolute atomic E-state index is 12.0. The molecule has 5 nitrogen and oxygen atoms in total. The largest absolute Gasteiger partial charge is 0.481 e. The van der Waals surface area contributed by atoms with Crippen molar-refractivity contribution >= 4 is 23.5 Å². The van der Waals surface area contributed by atoms with E-state index < -0.39 is 11.4 Å². The van der Waals surface area contributed by atoms with Crippen molar-refractivity contribution in [2.24, 2.45) is 5.41 Å². The summed E-state index contributed by atoms with van der Waals surface area (Å²) in [7, 11) is 0. The molecule has 1 aromatic heterocycles. The molecular weight excluding hydrogens is 244 g/mol. The molecule has 0 unspecified atom stereocenters. The Bertz CT molecular complexity index is 471. The zero-order valence-electron chi connectivity index (χ0n) is 9.36. The molecule has 0 saturated carbocycles. The number of likely N-dealkylation sites (tertiary alicyclic amines) is 1. The normalized spacial score (nSPS) is 24.0. The molecule has 1 amide bonds. The Morgan fingerprint density at radius 3 is 2.76 bits per heavy atom. The van der Waals surface area contributed by atoms with Crippen LogP contribution in [0.1, 0.15) is 23.8 Å². The molecule has 6 heteroatoms. The lowest BCUT2D eigenvalue weighted by Crippen LogP contribution is -2.35. The highest BCUT2D eigenvalue weighted by molar-refractivity contribution is 6.30. The zero-order valence-corrected chi connectivity index (χ0v) is 10.1. The molecule has 2 heterocycles. The lowest BCUT2D eigenvalue weighted by Gasteiger charge is -2.19. The predicted octanol–water partition coefficient (Wildman–Crippen LogP) is 1.60. The van der Waals surface area contributed by atoms with Gasteiger partial charge in [-0.3, -0.25) is 9.59 Å². The summed E-state index contributed by atoms with van der Waals surface area (Å²) < 4.78 is 0. The number of aromatic nitrogens is 1. The summed E-state index contributed by atoms with van der Waals surface area (Å²) in [5.41, 5.74) is -0.448. The first-order chi connectivity index (χ1) is 7.92. The number of H-pyrrole nitrogens is 1. The minimum Gasteiger partial charge on any atom is -0.481 e. The van der Waals surface area contributed by atoms with Crippen LogP contribution in [-0.2, 0) is 4.79 Å². The van der Waals surface area contributed by atoms with Crippen molar-refractivity contribution < 1.29 is 14.7 Å². The third-order valence-corrected chi connectivity index (χ3v) is 3.37. The Labute approximate surface area is 103 Å². The summed E-state index contributed by atoms with van der Waals surface area (Å²) in [6.45, 7) is 2.35. The van der Waals surface area contributed by atoms with Crippen molar-refractivity contribution in [3.8, 4) is 0 Å². The number of halogens is 1. The van der Waals surface area contributed by atoms with Gasteiger partial charge in [0.25, 0.3) is 5.91 Å². The van der Waals surface area contributed by atoms with Gasteiger partial charge in [-0.1, -0.05) is 11.6 Å². The first kappa shape index (κ1) is 12.0. The van der Waals surface area contributed by atoms with Crippen LogP contribution in [-0.4, -0.2) is 40.0 Å². The van der Waals surface area contributed by atoms with Crippen LogP contribution in [0.25, 0.3) is 0 Å². The zero-order chi connectivity index (χ0) is 12.6. The van der Waals surface area contributed by atoms with E-state index in [2.05, 4.69) is 4.98 Å². The van der Waals surface area contributed by atoms with Crippen LogP contribution in [0, 0.1) is 5.41 Å². The van der Waals surface area contributed by atoms with E-state index in [0.29, 0.717) is 23.7 Å². The number of amides is 1. The minimum atomic E-state index is -0.864. The van der Waals surface area contributed by atoms with Crippen LogP contribution in [0.15, 0.2) is 12.3 Å². The maximum Gasteiger partial charge on any atom is 0.311 e. The van der Waals surface area contributed by atoms with Crippen molar-refractivity contribution in [3.05, 3.63) is 23.0 Å². The van der Waals surface area contributed by atoms with Gasteiger partial charge < -0.3 is 15.0 Å². The monoisotopic (exact) mass is 256 g/mol. The van der Waals surface area contributed by atoms with Crippen LogP contribution < -0.4 is 0 Å². The molecule has 1 fully saturated rings. The van der Waals surface area contributed by atoms with E-state index in [0.717, 1.165) is 0 Å². The minimum absolute atomic E-state index is 0.207. The number of nitrogens with zero attached hydrogens (tertiary/aromatic N) is 1. The van der Waals surface area contributed by atoms with Gasteiger partial charge in [-0.2, -0.15) is 0 Å². The van der Waals surface area contributed by atoms with E-state index in [9.17, 15) is 9.59 Å². The summed E-state index contributed by atoms with van der Waals surface area (Å²) in [6, 6.07) is 1.54. The second kappa shape index (κ2) is 4.07. The molecule has 1 saturated heterocycles. The van der Waals surface area contributed by atoms with Crippen LogP contribution in [0.2, 0.25) is 5.02 Å². The molecule has 17 heavy (non-hydrogen) atoms. The van der Waals surface area contributed by atoms with Gasteiger partial charge in [-0.25, -0.2) is 0 Å². The molecule has 0 bridgehead atoms. The summed E-state index contributed by atoms with van der Waals surface area (Å²) in [5, 5.41) is 9.55. The topological polar surface area (TPSA) is 73.4 Å². The Hall–Kier alpha value is -1.49. The van der Waals surface area contributed by atoms with Gasteiger partial charge in [0.1, 0.15) is 5.69 Å². The predicted molar refractivity (Wildman–Crippen MR) is 62.1 cm³/mol. The second-order valence-electron chi connectivity index (χ2n) is 4.57. The number of carboxylic acids is 1. The number of aromatic amines is 1. The first-order valence-electron chi connectivity index (χ1n) is 5.29. The molecule has 0 spiro atoms. The van der Waals surface area contributed by atoms with Crippen LogP contribution in [0.5, 0.6) is 0 Å². The van der Waals surface area contributed by atoms with Gasteiger partial charge >= 0.3 is 5.97 Å². The van der Waals surface area contributed by atoms with Gasteiger partial charge in [0.05, 0.1) is 10.4 Å². The molecule has 1 aromatic rings. The fourth-order valence-corrected chi connectivity index (χ4v) is 2.13. The molecule has 2 rings (SSSR count). The van der Waals surface area contributed by atoms with E-state index in [1.54, 1.807) is 13.0 Å². The Morgan fingerprint density at radius 1 is 1.59 bits per heavy atom. The van der Waals surface area contributed by atoms with Crippen LogP contribution in [0.4, 0.5) is 0 Å². The van der Waals surface area contributed by atoms with Crippen molar-refractivity contribution in [3.63, 3.8) is 0 Å². The summed E-state index contributed by atoms with van der Waals surface area (Å²) in [6.07, 6.45) is 2.00. The second-order valence-corrected chi connectivity index (χ2v) is 5.01. The first-order valence-corrected chi connectivity index (χ1v) is 5.67. The van der Waals surface area contributed by atoms with Crippen LogP contribution >= 0.6 is 11.6 Å². The average molecular weight is 257 g/mol. The SMILES string of the molecule is C[C@@]1(C(=O)O)CCN(C(=O)c2cc(Cl)c[nH]2)C1. The molecule has 0 radical (unpaired) electrons. The average Bonchev–Trinajstić information content (AvgIpc) is 2.85. The van der Waals surface area contributed by atoms with Gasteiger partial charge in [0.2, 0.25) is 0 Å². The Balaban J connectivity index is 2.11. The van der Waals surface area contributed by atoms with E-state index in [4.69, 9.17) is 16.7 Å². The Morgan fingerprint density at radius 2 is 2.29 bits per heavy atom. The smallest absolute Gasteiger partial charge is 0.311 e. The van der Waals surface area contributed by atoms with Gasteiger partial charge in [-0.15, -0.1) is 0 Å². The summed E-state index contributed by atoms with van der Waals surface area (Å²) >= 11 is 5.72. The van der Waals surface area contributed by atoms with E-state index >= 15 is 0 Å². The van der Waals surface area contributed by atoms with E-state index in [1.807, 2.05) is 0 Å². The molecule has 1 atom stereocenters.